The molecule has 0 aromatic heterocycles. The fourth-order valence-electron chi connectivity index (χ4n) is 2.38. The van der Waals surface area contributed by atoms with Gasteiger partial charge >= 0.3 is 0 Å². The molecule has 0 aliphatic carbocycles. The first kappa shape index (κ1) is 10.4. The van der Waals surface area contributed by atoms with Gasteiger partial charge in [0, 0.05) is 19.3 Å². The smallest absolute Gasteiger partial charge is 0.0576 e. The Bertz CT molecular complexity index is 169. The van der Waals surface area contributed by atoms with Gasteiger partial charge in [-0.1, -0.05) is 6.92 Å². The van der Waals surface area contributed by atoms with E-state index in [1.54, 1.807) is 0 Å². The Morgan fingerprint density at radius 1 is 1.21 bits per heavy atom. The summed E-state index contributed by atoms with van der Waals surface area (Å²) < 4.78 is 5.35. The van der Waals surface area contributed by atoms with E-state index in [1.807, 2.05) is 0 Å². The molecule has 2 unspecified atom stereocenters. The molecule has 0 saturated carbocycles. The third-order valence-electron chi connectivity index (χ3n) is 3.32. The molecule has 3 nitrogen and oxygen atoms in total. The zero-order valence-corrected chi connectivity index (χ0v) is 9.09. The van der Waals surface area contributed by atoms with Crippen molar-refractivity contribution in [3.8, 4) is 0 Å². The molecule has 2 heterocycles. The van der Waals surface area contributed by atoms with Crippen LogP contribution in [-0.4, -0.2) is 32.0 Å². The van der Waals surface area contributed by atoms with Crippen LogP contribution in [-0.2, 0) is 4.74 Å². The average Bonchev–Trinajstić information content (AvgIpc) is 2.19. The molecule has 2 aliphatic heterocycles. The van der Waals surface area contributed by atoms with Crippen molar-refractivity contribution in [2.45, 2.75) is 44.8 Å². The number of ether oxygens (including phenoxy) is 1. The van der Waals surface area contributed by atoms with Gasteiger partial charge in [0.05, 0.1) is 6.17 Å². The first-order chi connectivity index (χ1) is 6.84. The van der Waals surface area contributed by atoms with Crippen LogP contribution in [0.5, 0.6) is 0 Å². The fraction of sp³-hybridized carbons (Fsp3) is 1.00. The Hall–Kier alpha value is -0.120. The van der Waals surface area contributed by atoms with E-state index in [9.17, 15) is 0 Å². The van der Waals surface area contributed by atoms with Crippen molar-refractivity contribution in [3.63, 3.8) is 0 Å². The predicted molar refractivity (Wildman–Crippen MR) is 57.2 cm³/mol. The van der Waals surface area contributed by atoms with Gasteiger partial charge in [-0.15, -0.1) is 0 Å². The summed E-state index contributed by atoms with van der Waals surface area (Å²) >= 11 is 0. The van der Waals surface area contributed by atoms with Gasteiger partial charge in [0.1, 0.15) is 0 Å². The minimum Gasteiger partial charge on any atom is -0.381 e. The van der Waals surface area contributed by atoms with E-state index in [4.69, 9.17) is 4.74 Å². The molecule has 2 atom stereocenters. The van der Waals surface area contributed by atoms with Crippen LogP contribution in [0.1, 0.15) is 32.6 Å². The minimum atomic E-state index is 0.543. The molecule has 2 N–H and O–H groups in total. The Morgan fingerprint density at radius 2 is 2.00 bits per heavy atom. The summed E-state index contributed by atoms with van der Waals surface area (Å²) in [6, 6.07) is 0.673. The highest BCUT2D eigenvalue weighted by molar-refractivity contribution is 4.79. The van der Waals surface area contributed by atoms with E-state index in [-0.39, 0.29) is 0 Å². The van der Waals surface area contributed by atoms with Crippen LogP contribution in [0.4, 0.5) is 0 Å². The summed E-state index contributed by atoms with van der Waals surface area (Å²) in [6.45, 7) is 5.38. The molecule has 0 aromatic carbocycles. The van der Waals surface area contributed by atoms with E-state index < -0.39 is 0 Å². The molecule has 14 heavy (non-hydrogen) atoms. The molecule has 2 saturated heterocycles. The highest BCUT2D eigenvalue weighted by Gasteiger charge is 2.22. The minimum absolute atomic E-state index is 0.543. The van der Waals surface area contributed by atoms with E-state index in [0.29, 0.717) is 12.2 Å². The predicted octanol–water partition coefficient (Wildman–Crippen LogP) is 1.10. The van der Waals surface area contributed by atoms with Crippen molar-refractivity contribution in [3.05, 3.63) is 0 Å². The summed E-state index contributed by atoms with van der Waals surface area (Å²) in [7, 11) is 0. The summed E-state index contributed by atoms with van der Waals surface area (Å²) in [5.41, 5.74) is 0. The van der Waals surface area contributed by atoms with Crippen LogP contribution < -0.4 is 10.6 Å². The van der Waals surface area contributed by atoms with Gasteiger partial charge in [0.25, 0.3) is 0 Å². The van der Waals surface area contributed by atoms with E-state index >= 15 is 0 Å². The maximum Gasteiger partial charge on any atom is 0.0576 e. The number of nitrogens with one attached hydrogen (secondary N) is 2. The summed E-state index contributed by atoms with van der Waals surface area (Å²) in [5.74, 6) is 0.869. The van der Waals surface area contributed by atoms with Gasteiger partial charge < -0.3 is 10.1 Å². The number of hydrogen-bond acceptors (Lipinski definition) is 3. The molecule has 3 heteroatoms. The molecule has 2 aliphatic rings. The fourth-order valence-corrected chi connectivity index (χ4v) is 2.38. The number of rotatable bonds is 2. The SMILES string of the molecule is CC1CCNC(NC2CCOCC2)C1. The topological polar surface area (TPSA) is 33.3 Å². The quantitative estimate of drug-likeness (QED) is 0.697. The Kier molecular flexibility index (Phi) is 3.79. The number of hydrogen-bond donors (Lipinski definition) is 2. The second-order valence-electron chi connectivity index (χ2n) is 4.69. The summed E-state index contributed by atoms with van der Waals surface area (Å²) in [6.07, 6.45) is 5.49. The molecular formula is C11H22N2O. The average molecular weight is 198 g/mol. The van der Waals surface area contributed by atoms with Gasteiger partial charge in [0.2, 0.25) is 0 Å². The molecule has 82 valence electrons. The van der Waals surface area contributed by atoms with Crippen molar-refractivity contribution in [1.29, 1.82) is 0 Å². The second-order valence-corrected chi connectivity index (χ2v) is 4.69. The third-order valence-corrected chi connectivity index (χ3v) is 3.32. The van der Waals surface area contributed by atoms with Gasteiger partial charge in [-0.2, -0.15) is 0 Å². The molecule has 2 rings (SSSR count). The van der Waals surface area contributed by atoms with Crippen LogP contribution in [0, 0.1) is 5.92 Å². The molecular weight excluding hydrogens is 176 g/mol. The van der Waals surface area contributed by atoms with Crippen molar-refractivity contribution >= 4 is 0 Å². The van der Waals surface area contributed by atoms with Gasteiger partial charge in [0.15, 0.2) is 0 Å². The van der Waals surface area contributed by atoms with Crippen LogP contribution in [0.15, 0.2) is 0 Å². The van der Waals surface area contributed by atoms with Gasteiger partial charge in [-0.05, 0) is 38.1 Å². The highest BCUT2D eigenvalue weighted by atomic mass is 16.5. The molecule has 0 radical (unpaired) electrons. The Balaban J connectivity index is 1.72. The van der Waals surface area contributed by atoms with Crippen molar-refractivity contribution in [1.82, 2.24) is 10.6 Å². The first-order valence-electron chi connectivity index (χ1n) is 5.92. The summed E-state index contributed by atoms with van der Waals surface area (Å²) in [5, 5.41) is 7.24. The zero-order chi connectivity index (χ0) is 9.80. The standard InChI is InChI=1S/C11H22N2O/c1-9-2-5-12-11(8-9)13-10-3-6-14-7-4-10/h9-13H,2-8H2,1H3. The Labute approximate surface area is 86.6 Å². The lowest BCUT2D eigenvalue weighted by atomic mass is 9.97. The highest BCUT2D eigenvalue weighted by Crippen LogP contribution is 2.15. The molecule has 0 amide bonds. The normalized spacial score (nSPS) is 35.8. The molecule has 0 bridgehead atoms. The Morgan fingerprint density at radius 3 is 2.71 bits per heavy atom. The lowest BCUT2D eigenvalue weighted by Gasteiger charge is -2.33. The van der Waals surface area contributed by atoms with Crippen LogP contribution >= 0.6 is 0 Å². The van der Waals surface area contributed by atoms with Gasteiger partial charge in [-0.25, -0.2) is 0 Å². The molecule has 0 aromatic rings. The van der Waals surface area contributed by atoms with Crippen LogP contribution in [0.25, 0.3) is 0 Å². The van der Waals surface area contributed by atoms with Crippen molar-refractivity contribution < 1.29 is 4.74 Å². The largest absolute Gasteiger partial charge is 0.381 e. The lowest BCUT2D eigenvalue weighted by Crippen LogP contribution is -2.52. The lowest BCUT2D eigenvalue weighted by molar-refractivity contribution is 0.0707. The maximum absolute atomic E-state index is 5.35. The zero-order valence-electron chi connectivity index (χ0n) is 9.09. The van der Waals surface area contributed by atoms with E-state index in [1.165, 1.54) is 32.2 Å². The van der Waals surface area contributed by atoms with E-state index in [0.717, 1.165) is 19.1 Å². The molecule has 0 spiro atoms. The van der Waals surface area contributed by atoms with E-state index in [2.05, 4.69) is 17.6 Å². The summed E-state index contributed by atoms with van der Waals surface area (Å²) in [4.78, 5) is 0. The van der Waals surface area contributed by atoms with Gasteiger partial charge in [-0.3, -0.25) is 5.32 Å². The molecule has 2 fully saturated rings. The van der Waals surface area contributed by atoms with Crippen LogP contribution in [0.2, 0.25) is 0 Å². The monoisotopic (exact) mass is 198 g/mol. The number of piperidine rings is 1. The third kappa shape index (κ3) is 2.94. The van der Waals surface area contributed by atoms with Crippen LogP contribution in [0.3, 0.4) is 0 Å². The van der Waals surface area contributed by atoms with Crippen molar-refractivity contribution in [2.24, 2.45) is 5.92 Å². The van der Waals surface area contributed by atoms with Crippen molar-refractivity contribution in [2.75, 3.05) is 19.8 Å². The second kappa shape index (κ2) is 5.10. The maximum atomic E-state index is 5.35. The first-order valence-corrected chi connectivity index (χ1v) is 5.92.